The third-order valence-electron chi connectivity index (χ3n) is 5.29. The summed E-state index contributed by atoms with van der Waals surface area (Å²) in [5.41, 5.74) is 2.86. The zero-order chi connectivity index (χ0) is 17.6. The van der Waals surface area contributed by atoms with Gasteiger partial charge in [-0.25, -0.2) is 0 Å². The van der Waals surface area contributed by atoms with Crippen LogP contribution in [0.2, 0.25) is 0 Å². The number of rotatable bonds is 6. The van der Waals surface area contributed by atoms with Gasteiger partial charge in [-0.2, -0.15) is 0 Å². The quantitative estimate of drug-likeness (QED) is 0.604. The van der Waals surface area contributed by atoms with Crippen LogP contribution in [0.3, 0.4) is 0 Å². The van der Waals surface area contributed by atoms with Crippen LogP contribution in [-0.2, 0) is 13.1 Å². The van der Waals surface area contributed by atoms with E-state index in [2.05, 4.69) is 88.4 Å². The maximum absolute atomic E-state index is 3.84. The van der Waals surface area contributed by atoms with Gasteiger partial charge in [-0.1, -0.05) is 66.7 Å². The first-order valence-corrected chi connectivity index (χ1v) is 10.3. The van der Waals surface area contributed by atoms with Crippen LogP contribution in [0, 0.1) is 0 Å². The van der Waals surface area contributed by atoms with Crippen LogP contribution in [0.1, 0.15) is 28.3 Å². The Labute approximate surface area is 172 Å². The van der Waals surface area contributed by atoms with Crippen molar-refractivity contribution in [2.45, 2.75) is 31.5 Å². The lowest BCUT2D eigenvalue weighted by Crippen LogP contribution is -2.47. The molecule has 2 heterocycles. The lowest BCUT2D eigenvalue weighted by atomic mass is 9.85. The van der Waals surface area contributed by atoms with Crippen LogP contribution in [-0.4, -0.2) is 24.0 Å². The number of likely N-dealkylation sites (tertiary alicyclic amines) is 1. The molecule has 2 nitrogen and oxygen atoms in total. The topological polar surface area (TPSA) is 15.3 Å². The summed E-state index contributed by atoms with van der Waals surface area (Å²) in [5, 5.41) is 6.00. The average molecular weight is 399 g/mol. The SMILES string of the molecule is Cl.c1ccc(CN2CCC(NCc3cccs3)C(c3ccccc3)C2)cc1. The Morgan fingerprint density at radius 1 is 0.926 bits per heavy atom. The number of benzene rings is 2. The first-order valence-electron chi connectivity index (χ1n) is 9.45. The smallest absolute Gasteiger partial charge is 0.0302 e. The predicted octanol–water partition coefficient (Wildman–Crippen LogP) is 5.32. The van der Waals surface area contributed by atoms with Crippen molar-refractivity contribution >= 4 is 23.7 Å². The second-order valence-corrected chi connectivity index (χ2v) is 8.13. The highest BCUT2D eigenvalue weighted by atomic mass is 35.5. The molecule has 0 aliphatic carbocycles. The highest BCUT2D eigenvalue weighted by Crippen LogP contribution is 2.28. The second-order valence-electron chi connectivity index (χ2n) is 7.09. The number of nitrogens with one attached hydrogen (secondary N) is 1. The van der Waals surface area contributed by atoms with Gasteiger partial charge in [0.2, 0.25) is 0 Å². The number of nitrogens with zero attached hydrogens (tertiary/aromatic N) is 1. The molecule has 1 aliphatic heterocycles. The third-order valence-corrected chi connectivity index (χ3v) is 6.17. The van der Waals surface area contributed by atoms with E-state index in [1.54, 1.807) is 0 Å². The molecule has 1 fully saturated rings. The van der Waals surface area contributed by atoms with E-state index in [9.17, 15) is 0 Å². The molecule has 0 radical (unpaired) electrons. The molecule has 3 aromatic rings. The van der Waals surface area contributed by atoms with Crippen molar-refractivity contribution in [3.8, 4) is 0 Å². The molecule has 2 aromatic carbocycles. The fourth-order valence-corrected chi connectivity index (χ4v) is 4.59. The zero-order valence-electron chi connectivity index (χ0n) is 15.5. The van der Waals surface area contributed by atoms with Crippen molar-refractivity contribution in [1.29, 1.82) is 0 Å². The fraction of sp³-hybridized carbons (Fsp3) is 0.304. The fourth-order valence-electron chi connectivity index (χ4n) is 3.93. The Bertz CT molecular complexity index is 777. The van der Waals surface area contributed by atoms with Gasteiger partial charge in [0, 0.05) is 43.0 Å². The van der Waals surface area contributed by atoms with E-state index >= 15 is 0 Å². The van der Waals surface area contributed by atoms with Gasteiger partial charge in [-0.05, 0) is 29.0 Å². The monoisotopic (exact) mass is 398 g/mol. The molecule has 2 unspecified atom stereocenters. The second kappa shape index (κ2) is 10.0. The van der Waals surface area contributed by atoms with Gasteiger partial charge in [0.05, 0.1) is 0 Å². The molecule has 27 heavy (non-hydrogen) atoms. The molecular weight excluding hydrogens is 372 g/mol. The maximum Gasteiger partial charge on any atom is 0.0302 e. The van der Waals surface area contributed by atoms with Gasteiger partial charge in [0.15, 0.2) is 0 Å². The summed E-state index contributed by atoms with van der Waals surface area (Å²) in [4.78, 5) is 4.03. The van der Waals surface area contributed by atoms with Crippen molar-refractivity contribution < 1.29 is 0 Å². The van der Waals surface area contributed by atoms with E-state index in [1.807, 2.05) is 11.3 Å². The maximum atomic E-state index is 3.84. The molecule has 1 N–H and O–H groups in total. The van der Waals surface area contributed by atoms with E-state index < -0.39 is 0 Å². The average Bonchev–Trinajstić information content (AvgIpc) is 3.22. The largest absolute Gasteiger partial charge is 0.308 e. The first-order chi connectivity index (χ1) is 12.9. The lowest BCUT2D eigenvalue weighted by molar-refractivity contribution is 0.167. The number of hydrogen-bond acceptors (Lipinski definition) is 3. The van der Waals surface area contributed by atoms with Crippen molar-refractivity contribution in [2.24, 2.45) is 0 Å². The molecule has 4 rings (SSSR count). The molecule has 1 aliphatic rings. The van der Waals surface area contributed by atoms with E-state index in [0.717, 1.165) is 26.2 Å². The highest BCUT2D eigenvalue weighted by Gasteiger charge is 2.30. The summed E-state index contributed by atoms with van der Waals surface area (Å²) in [6.07, 6.45) is 1.19. The molecule has 142 valence electrons. The van der Waals surface area contributed by atoms with Crippen LogP contribution in [0.5, 0.6) is 0 Å². The molecule has 1 saturated heterocycles. The van der Waals surface area contributed by atoms with Crippen LogP contribution in [0.15, 0.2) is 78.2 Å². The third kappa shape index (κ3) is 5.43. The molecular formula is C23H27ClN2S. The molecule has 2 atom stereocenters. The van der Waals surface area contributed by atoms with Crippen molar-refractivity contribution in [3.05, 3.63) is 94.2 Å². The molecule has 0 amide bonds. The van der Waals surface area contributed by atoms with Gasteiger partial charge in [-0.3, -0.25) is 4.90 Å². The molecule has 0 spiro atoms. The Balaban J connectivity index is 0.00000210. The van der Waals surface area contributed by atoms with E-state index in [4.69, 9.17) is 0 Å². The highest BCUT2D eigenvalue weighted by molar-refractivity contribution is 7.09. The minimum Gasteiger partial charge on any atom is -0.308 e. The Morgan fingerprint density at radius 3 is 2.37 bits per heavy atom. The van der Waals surface area contributed by atoms with Crippen LogP contribution in [0.25, 0.3) is 0 Å². The van der Waals surface area contributed by atoms with Crippen molar-refractivity contribution in [2.75, 3.05) is 13.1 Å². The Hall–Kier alpha value is -1.65. The van der Waals surface area contributed by atoms with Crippen LogP contribution >= 0.6 is 23.7 Å². The standard InChI is InChI=1S/C23H26N2S.ClH/c1-3-8-19(9-4-1)17-25-14-13-23(24-16-21-12-7-15-26-21)22(18-25)20-10-5-2-6-11-20;/h1-12,15,22-24H,13-14,16-18H2;1H. The summed E-state index contributed by atoms with van der Waals surface area (Å²) < 4.78 is 0. The van der Waals surface area contributed by atoms with Gasteiger partial charge in [-0.15, -0.1) is 23.7 Å². The summed E-state index contributed by atoms with van der Waals surface area (Å²) in [5.74, 6) is 0.536. The summed E-state index contributed by atoms with van der Waals surface area (Å²) in [6.45, 7) is 4.29. The molecule has 0 saturated carbocycles. The number of hydrogen-bond donors (Lipinski definition) is 1. The van der Waals surface area contributed by atoms with Gasteiger partial charge in [0.1, 0.15) is 0 Å². The van der Waals surface area contributed by atoms with E-state index in [1.165, 1.54) is 22.4 Å². The number of halogens is 1. The number of thiophene rings is 1. The van der Waals surface area contributed by atoms with Crippen LogP contribution in [0.4, 0.5) is 0 Å². The van der Waals surface area contributed by atoms with Gasteiger partial charge >= 0.3 is 0 Å². The number of piperidine rings is 1. The van der Waals surface area contributed by atoms with Gasteiger partial charge in [0.25, 0.3) is 0 Å². The van der Waals surface area contributed by atoms with E-state index in [0.29, 0.717) is 12.0 Å². The Morgan fingerprint density at radius 2 is 1.67 bits per heavy atom. The van der Waals surface area contributed by atoms with E-state index in [-0.39, 0.29) is 12.4 Å². The lowest BCUT2D eigenvalue weighted by Gasteiger charge is -2.39. The minimum atomic E-state index is 0. The minimum absolute atomic E-state index is 0. The normalized spacial score (nSPS) is 20.1. The molecule has 4 heteroatoms. The van der Waals surface area contributed by atoms with Gasteiger partial charge < -0.3 is 5.32 Å². The molecule has 0 bridgehead atoms. The predicted molar refractivity (Wildman–Crippen MR) is 118 cm³/mol. The summed E-state index contributed by atoms with van der Waals surface area (Å²) in [7, 11) is 0. The Kier molecular flexibility index (Phi) is 7.48. The summed E-state index contributed by atoms with van der Waals surface area (Å²) >= 11 is 1.84. The van der Waals surface area contributed by atoms with Crippen molar-refractivity contribution in [3.63, 3.8) is 0 Å². The molecule has 1 aromatic heterocycles. The van der Waals surface area contributed by atoms with Crippen molar-refractivity contribution in [1.82, 2.24) is 10.2 Å². The first kappa shape index (κ1) is 20.1. The zero-order valence-corrected chi connectivity index (χ0v) is 17.1. The van der Waals surface area contributed by atoms with Crippen LogP contribution < -0.4 is 5.32 Å². The summed E-state index contributed by atoms with van der Waals surface area (Å²) in [6, 6.07) is 26.8.